The van der Waals surface area contributed by atoms with E-state index in [9.17, 15) is 0 Å². The fourth-order valence-corrected chi connectivity index (χ4v) is 2.52. The lowest BCUT2D eigenvalue weighted by molar-refractivity contribution is 0.189. The minimum atomic E-state index is 0.233. The molecule has 2 rings (SSSR count). The van der Waals surface area contributed by atoms with Crippen molar-refractivity contribution in [3.8, 4) is 0 Å². The van der Waals surface area contributed by atoms with Crippen LogP contribution in [0, 0.1) is 0 Å². The van der Waals surface area contributed by atoms with Gasteiger partial charge in [-0.25, -0.2) is 0 Å². The molecule has 0 saturated carbocycles. The Labute approximate surface area is 113 Å². The summed E-state index contributed by atoms with van der Waals surface area (Å²) in [7, 11) is 0. The molecule has 100 valence electrons. The topological polar surface area (TPSA) is 52.7 Å². The van der Waals surface area contributed by atoms with Gasteiger partial charge in [-0.3, -0.25) is 4.90 Å². The van der Waals surface area contributed by atoms with Gasteiger partial charge in [0.05, 0.1) is 6.61 Å². The summed E-state index contributed by atoms with van der Waals surface area (Å²) in [6.45, 7) is 5.38. The third-order valence-electron chi connectivity index (χ3n) is 3.41. The van der Waals surface area contributed by atoms with Gasteiger partial charge in [-0.2, -0.15) is 0 Å². The summed E-state index contributed by atoms with van der Waals surface area (Å²) in [6.07, 6.45) is 0. The van der Waals surface area contributed by atoms with Gasteiger partial charge in [0.1, 0.15) is 0 Å². The molecule has 3 N–H and O–H groups in total. The standard InChI is InChI=1S/C13H20ClN3O/c14-13-9-12(2-1-11(13)10-15)17-5-3-16(4-6-17)7-8-18/h1-2,9,18H,3-8,10,15H2. The largest absolute Gasteiger partial charge is 0.395 e. The molecule has 5 heteroatoms. The van der Waals surface area contributed by atoms with Gasteiger partial charge in [-0.1, -0.05) is 17.7 Å². The van der Waals surface area contributed by atoms with E-state index in [1.165, 1.54) is 0 Å². The van der Waals surface area contributed by atoms with Crippen molar-refractivity contribution in [3.05, 3.63) is 28.8 Å². The van der Waals surface area contributed by atoms with Crippen LogP contribution in [0.2, 0.25) is 5.02 Å². The molecule has 0 atom stereocenters. The first-order valence-corrected chi connectivity index (χ1v) is 6.69. The summed E-state index contributed by atoms with van der Waals surface area (Å²) >= 11 is 6.18. The summed E-state index contributed by atoms with van der Waals surface area (Å²) in [5, 5.41) is 9.65. The van der Waals surface area contributed by atoms with Gasteiger partial charge < -0.3 is 15.7 Å². The zero-order valence-electron chi connectivity index (χ0n) is 10.5. The van der Waals surface area contributed by atoms with E-state index in [4.69, 9.17) is 22.4 Å². The number of benzene rings is 1. The van der Waals surface area contributed by atoms with Crippen LogP contribution in [0.1, 0.15) is 5.56 Å². The highest BCUT2D eigenvalue weighted by Gasteiger charge is 2.17. The lowest BCUT2D eigenvalue weighted by Gasteiger charge is -2.36. The third kappa shape index (κ3) is 3.14. The highest BCUT2D eigenvalue weighted by Crippen LogP contribution is 2.24. The molecule has 0 aliphatic carbocycles. The fraction of sp³-hybridized carbons (Fsp3) is 0.538. The van der Waals surface area contributed by atoms with Crippen molar-refractivity contribution in [1.82, 2.24) is 4.90 Å². The molecular weight excluding hydrogens is 250 g/mol. The average molecular weight is 270 g/mol. The monoisotopic (exact) mass is 269 g/mol. The lowest BCUT2D eigenvalue weighted by Crippen LogP contribution is -2.47. The molecule has 18 heavy (non-hydrogen) atoms. The minimum absolute atomic E-state index is 0.233. The molecule has 0 spiro atoms. The molecule has 1 aliphatic heterocycles. The number of aliphatic hydroxyl groups is 1. The Hall–Kier alpha value is -0.810. The Morgan fingerprint density at radius 3 is 2.50 bits per heavy atom. The van der Waals surface area contributed by atoms with Crippen LogP contribution >= 0.6 is 11.6 Å². The summed E-state index contributed by atoms with van der Waals surface area (Å²) in [6, 6.07) is 6.07. The smallest absolute Gasteiger partial charge is 0.0558 e. The van der Waals surface area contributed by atoms with Crippen molar-refractivity contribution in [1.29, 1.82) is 0 Å². The van der Waals surface area contributed by atoms with Crippen LogP contribution in [0.5, 0.6) is 0 Å². The first-order valence-electron chi connectivity index (χ1n) is 6.31. The molecule has 1 saturated heterocycles. The molecule has 0 aromatic heterocycles. The quantitative estimate of drug-likeness (QED) is 0.853. The van der Waals surface area contributed by atoms with Crippen molar-refractivity contribution in [3.63, 3.8) is 0 Å². The predicted octanol–water partition coefficient (Wildman–Crippen LogP) is 0.913. The van der Waals surface area contributed by atoms with Gasteiger partial charge in [0.2, 0.25) is 0 Å². The van der Waals surface area contributed by atoms with Crippen LogP contribution in [0.4, 0.5) is 5.69 Å². The van der Waals surface area contributed by atoms with Crippen LogP contribution in [0.15, 0.2) is 18.2 Å². The van der Waals surface area contributed by atoms with Crippen molar-refractivity contribution >= 4 is 17.3 Å². The van der Waals surface area contributed by atoms with Crippen molar-refractivity contribution in [2.45, 2.75) is 6.54 Å². The van der Waals surface area contributed by atoms with Gasteiger partial charge in [-0.05, 0) is 17.7 Å². The van der Waals surface area contributed by atoms with Crippen LogP contribution in [-0.4, -0.2) is 49.3 Å². The molecule has 0 amide bonds. The predicted molar refractivity (Wildman–Crippen MR) is 75.1 cm³/mol. The highest BCUT2D eigenvalue weighted by atomic mass is 35.5. The van der Waals surface area contributed by atoms with E-state index in [0.29, 0.717) is 6.54 Å². The Morgan fingerprint density at radius 2 is 1.94 bits per heavy atom. The Morgan fingerprint density at radius 1 is 1.22 bits per heavy atom. The third-order valence-corrected chi connectivity index (χ3v) is 3.76. The maximum absolute atomic E-state index is 8.91. The summed E-state index contributed by atoms with van der Waals surface area (Å²) in [5.41, 5.74) is 7.74. The van der Waals surface area contributed by atoms with Gasteiger partial charge >= 0.3 is 0 Å². The summed E-state index contributed by atoms with van der Waals surface area (Å²) in [5.74, 6) is 0. The molecule has 0 radical (unpaired) electrons. The molecule has 1 aromatic rings. The zero-order chi connectivity index (χ0) is 13.0. The molecule has 1 fully saturated rings. The zero-order valence-corrected chi connectivity index (χ0v) is 11.2. The second-order valence-corrected chi connectivity index (χ2v) is 4.94. The lowest BCUT2D eigenvalue weighted by atomic mass is 10.1. The number of piperazine rings is 1. The van der Waals surface area contributed by atoms with Crippen LogP contribution in [0.3, 0.4) is 0 Å². The van der Waals surface area contributed by atoms with Crippen LogP contribution in [-0.2, 0) is 6.54 Å². The van der Waals surface area contributed by atoms with Crippen LogP contribution < -0.4 is 10.6 Å². The van der Waals surface area contributed by atoms with Gasteiger partial charge in [0.15, 0.2) is 0 Å². The van der Waals surface area contributed by atoms with Gasteiger partial charge in [-0.15, -0.1) is 0 Å². The summed E-state index contributed by atoms with van der Waals surface area (Å²) in [4.78, 5) is 4.59. The number of rotatable bonds is 4. The molecule has 0 bridgehead atoms. The number of halogens is 1. The maximum atomic E-state index is 8.91. The molecular formula is C13H20ClN3O. The van der Waals surface area contributed by atoms with Crippen molar-refractivity contribution in [2.75, 3.05) is 44.2 Å². The number of hydrogen-bond donors (Lipinski definition) is 2. The summed E-state index contributed by atoms with van der Waals surface area (Å²) < 4.78 is 0. The minimum Gasteiger partial charge on any atom is -0.395 e. The van der Waals surface area contributed by atoms with Gasteiger partial charge in [0, 0.05) is 50.0 Å². The Kier molecular flexibility index (Phi) is 4.83. The molecule has 1 heterocycles. The fourth-order valence-electron chi connectivity index (χ4n) is 2.27. The van der Waals surface area contributed by atoms with E-state index in [0.717, 1.165) is 49.0 Å². The van der Waals surface area contributed by atoms with E-state index >= 15 is 0 Å². The van der Waals surface area contributed by atoms with E-state index in [2.05, 4.69) is 15.9 Å². The number of hydrogen-bond acceptors (Lipinski definition) is 4. The number of β-amino-alcohol motifs (C(OH)–C–C–N with tert-alkyl or cyclic N) is 1. The number of anilines is 1. The molecule has 0 unspecified atom stereocenters. The first-order chi connectivity index (χ1) is 8.74. The Balaban J connectivity index is 1.99. The van der Waals surface area contributed by atoms with E-state index in [1.807, 2.05) is 12.1 Å². The molecule has 4 nitrogen and oxygen atoms in total. The second kappa shape index (κ2) is 6.38. The first kappa shape index (κ1) is 13.6. The number of aliphatic hydroxyl groups excluding tert-OH is 1. The van der Waals surface area contributed by atoms with Gasteiger partial charge in [0.25, 0.3) is 0 Å². The number of nitrogens with zero attached hydrogens (tertiary/aromatic N) is 2. The molecule has 1 aromatic carbocycles. The Bertz CT molecular complexity index is 392. The van der Waals surface area contributed by atoms with Crippen molar-refractivity contribution in [2.24, 2.45) is 5.73 Å². The SMILES string of the molecule is NCc1ccc(N2CCN(CCO)CC2)cc1Cl. The molecule has 1 aliphatic rings. The van der Waals surface area contributed by atoms with E-state index < -0.39 is 0 Å². The number of nitrogens with two attached hydrogens (primary N) is 1. The normalized spacial score (nSPS) is 17.2. The second-order valence-electron chi connectivity index (χ2n) is 4.53. The van der Waals surface area contributed by atoms with E-state index in [-0.39, 0.29) is 6.61 Å². The van der Waals surface area contributed by atoms with Crippen LogP contribution in [0.25, 0.3) is 0 Å². The maximum Gasteiger partial charge on any atom is 0.0558 e. The van der Waals surface area contributed by atoms with E-state index in [1.54, 1.807) is 0 Å². The van der Waals surface area contributed by atoms with Crippen molar-refractivity contribution < 1.29 is 5.11 Å². The highest BCUT2D eigenvalue weighted by molar-refractivity contribution is 6.31. The average Bonchev–Trinajstić information content (AvgIpc) is 2.40.